The first-order chi connectivity index (χ1) is 14.0. The molecule has 0 unspecified atom stereocenters. The summed E-state index contributed by atoms with van der Waals surface area (Å²) in [5.74, 6) is -1.28. The Balaban J connectivity index is 2.32. The first-order valence-electron chi connectivity index (χ1n) is 9.76. The molecule has 0 bridgehead atoms. The van der Waals surface area contributed by atoms with Crippen LogP contribution in [0.15, 0.2) is 29.2 Å². The van der Waals surface area contributed by atoms with Gasteiger partial charge in [0.2, 0.25) is 0 Å². The van der Waals surface area contributed by atoms with Gasteiger partial charge in [-0.2, -0.15) is 10.5 Å². The first-order valence-corrected chi connectivity index (χ1v) is 10.7. The van der Waals surface area contributed by atoms with Gasteiger partial charge in [-0.25, -0.2) is 8.78 Å². The van der Waals surface area contributed by atoms with Crippen molar-refractivity contribution in [1.82, 2.24) is 0 Å². The van der Waals surface area contributed by atoms with Gasteiger partial charge in [0.15, 0.2) is 17.4 Å². The largest absolute Gasteiger partial charge is 0.453 e. The summed E-state index contributed by atoms with van der Waals surface area (Å²) in [5, 5.41) is 18.5. The van der Waals surface area contributed by atoms with Gasteiger partial charge in [-0.1, -0.05) is 57.2 Å². The van der Waals surface area contributed by atoms with Crippen molar-refractivity contribution in [2.24, 2.45) is 0 Å². The third kappa shape index (κ3) is 5.71. The molecular weight excluding hydrogens is 390 g/mol. The van der Waals surface area contributed by atoms with E-state index in [4.69, 9.17) is 4.74 Å². The Morgan fingerprint density at radius 1 is 0.931 bits per heavy atom. The smallest absolute Gasteiger partial charge is 0.186 e. The van der Waals surface area contributed by atoms with Crippen molar-refractivity contribution < 1.29 is 13.5 Å². The van der Waals surface area contributed by atoms with E-state index >= 15 is 4.39 Å². The number of unbranched alkanes of at least 4 members (excludes halogenated alkanes) is 5. The average Bonchev–Trinajstić information content (AvgIpc) is 2.72. The van der Waals surface area contributed by atoms with Crippen LogP contribution in [0.1, 0.15) is 62.1 Å². The topological polar surface area (TPSA) is 56.8 Å². The molecule has 2 aromatic rings. The zero-order valence-corrected chi connectivity index (χ0v) is 17.5. The van der Waals surface area contributed by atoms with Gasteiger partial charge in [-0.15, -0.1) is 11.8 Å². The highest BCUT2D eigenvalue weighted by Gasteiger charge is 2.27. The van der Waals surface area contributed by atoms with Crippen LogP contribution in [0.2, 0.25) is 0 Å². The minimum absolute atomic E-state index is 0.0603. The molecule has 152 valence electrons. The van der Waals surface area contributed by atoms with Gasteiger partial charge in [-0.3, -0.25) is 0 Å². The first kappa shape index (κ1) is 22.7. The molecule has 0 aliphatic heterocycles. The number of benzene rings is 2. The number of nitriles is 2. The van der Waals surface area contributed by atoms with Gasteiger partial charge in [-0.05, 0) is 30.7 Å². The fourth-order valence-electron chi connectivity index (χ4n) is 2.91. The van der Waals surface area contributed by atoms with Gasteiger partial charge in [0, 0.05) is 0 Å². The summed E-state index contributed by atoms with van der Waals surface area (Å²) in [6, 6.07) is 10.2. The highest BCUT2D eigenvalue weighted by molar-refractivity contribution is 7.99. The number of thioether (sulfide) groups is 1. The minimum atomic E-state index is -1.00. The molecule has 2 rings (SSSR count). The normalized spacial score (nSPS) is 10.4. The summed E-state index contributed by atoms with van der Waals surface area (Å²) in [6.45, 7) is 3.95. The SMILES string of the molecule is CCCCCCCCSc1c(F)c(C#N)c(C#N)c(F)c1Oc1ccccc1C. The van der Waals surface area contributed by atoms with E-state index in [-0.39, 0.29) is 10.6 Å². The molecule has 6 heteroatoms. The van der Waals surface area contributed by atoms with E-state index < -0.39 is 22.8 Å². The lowest BCUT2D eigenvalue weighted by molar-refractivity contribution is 0.416. The number of hydrogen-bond donors (Lipinski definition) is 0. The number of ether oxygens (including phenoxy) is 1. The van der Waals surface area contributed by atoms with Crippen molar-refractivity contribution in [3.8, 4) is 23.6 Å². The summed E-state index contributed by atoms with van der Waals surface area (Å²) in [7, 11) is 0. The highest BCUT2D eigenvalue weighted by atomic mass is 32.2. The number of para-hydroxylation sites is 1. The Morgan fingerprint density at radius 2 is 1.55 bits per heavy atom. The second-order valence-electron chi connectivity index (χ2n) is 6.74. The van der Waals surface area contributed by atoms with Crippen LogP contribution in [0.4, 0.5) is 8.78 Å². The van der Waals surface area contributed by atoms with Crippen LogP contribution in [0, 0.1) is 41.2 Å². The second-order valence-corrected chi connectivity index (χ2v) is 7.85. The number of nitrogens with zero attached hydrogens (tertiary/aromatic N) is 2. The molecule has 0 atom stereocenters. The predicted molar refractivity (Wildman–Crippen MR) is 111 cm³/mol. The summed E-state index contributed by atoms with van der Waals surface area (Å²) in [6.07, 6.45) is 6.49. The maximum Gasteiger partial charge on any atom is 0.186 e. The minimum Gasteiger partial charge on any atom is -0.453 e. The summed E-state index contributed by atoms with van der Waals surface area (Å²) in [4.78, 5) is -0.0603. The fraction of sp³-hybridized carbons (Fsp3) is 0.391. The predicted octanol–water partition coefficient (Wildman–Crippen LogP) is 7.26. The van der Waals surface area contributed by atoms with Gasteiger partial charge < -0.3 is 4.74 Å². The number of halogens is 2. The lowest BCUT2D eigenvalue weighted by Crippen LogP contribution is -2.03. The van der Waals surface area contributed by atoms with Gasteiger partial charge >= 0.3 is 0 Å². The Hall–Kier alpha value is -2.57. The second kappa shape index (κ2) is 11.4. The summed E-state index contributed by atoms with van der Waals surface area (Å²) in [5.41, 5.74) is -0.452. The molecule has 0 N–H and O–H groups in total. The number of hydrogen-bond acceptors (Lipinski definition) is 4. The molecular formula is C23H24F2N2OS. The quantitative estimate of drug-likeness (QED) is 0.303. The van der Waals surface area contributed by atoms with Gasteiger partial charge in [0.05, 0.1) is 4.90 Å². The maximum absolute atomic E-state index is 15.0. The van der Waals surface area contributed by atoms with E-state index in [1.165, 1.54) is 19.3 Å². The van der Waals surface area contributed by atoms with Crippen molar-refractivity contribution in [2.75, 3.05) is 5.75 Å². The zero-order valence-electron chi connectivity index (χ0n) is 16.7. The Labute approximate surface area is 175 Å². The van der Waals surface area contributed by atoms with E-state index in [9.17, 15) is 14.9 Å². The maximum atomic E-state index is 15.0. The molecule has 0 heterocycles. The zero-order chi connectivity index (χ0) is 21.2. The van der Waals surface area contributed by atoms with Crippen LogP contribution in [-0.2, 0) is 0 Å². The van der Waals surface area contributed by atoms with Gasteiger partial charge in [0.1, 0.15) is 29.0 Å². The number of aryl methyl sites for hydroxylation is 1. The lowest BCUT2D eigenvalue weighted by Gasteiger charge is -2.16. The van der Waals surface area contributed by atoms with Crippen LogP contribution >= 0.6 is 11.8 Å². The molecule has 2 aromatic carbocycles. The molecule has 0 spiro atoms. The van der Waals surface area contributed by atoms with E-state index in [1.54, 1.807) is 37.3 Å². The Kier molecular flexibility index (Phi) is 8.96. The van der Waals surface area contributed by atoms with E-state index in [0.717, 1.165) is 36.6 Å². The van der Waals surface area contributed by atoms with E-state index in [2.05, 4.69) is 6.92 Å². The molecule has 3 nitrogen and oxygen atoms in total. The fourth-order valence-corrected chi connectivity index (χ4v) is 3.96. The van der Waals surface area contributed by atoms with E-state index in [0.29, 0.717) is 11.5 Å². The van der Waals surface area contributed by atoms with Crippen LogP contribution in [-0.4, -0.2) is 5.75 Å². The average molecular weight is 415 g/mol. The summed E-state index contributed by atoms with van der Waals surface area (Å²) < 4.78 is 35.7. The highest BCUT2D eigenvalue weighted by Crippen LogP contribution is 2.41. The van der Waals surface area contributed by atoms with Crippen molar-refractivity contribution in [3.63, 3.8) is 0 Å². The van der Waals surface area contributed by atoms with Crippen LogP contribution in [0.25, 0.3) is 0 Å². The lowest BCUT2D eigenvalue weighted by atomic mass is 10.1. The molecule has 0 aliphatic rings. The molecule has 0 saturated heterocycles. The summed E-state index contributed by atoms with van der Waals surface area (Å²) >= 11 is 1.12. The molecule has 0 fully saturated rings. The van der Waals surface area contributed by atoms with Crippen molar-refractivity contribution in [1.29, 1.82) is 10.5 Å². The third-order valence-corrected chi connectivity index (χ3v) is 5.71. The van der Waals surface area contributed by atoms with Crippen LogP contribution in [0.3, 0.4) is 0 Å². The van der Waals surface area contributed by atoms with Crippen molar-refractivity contribution >= 4 is 11.8 Å². The Bertz CT molecular complexity index is 932. The molecule has 29 heavy (non-hydrogen) atoms. The Morgan fingerprint density at radius 3 is 2.21 bits per heavy atom. The van der Waals surface area contributed by atoms with Crippen molar-refractivity contribution in [3.05, 3.63) is 52.6 Å². The monoisotopic (exact) mass is 414 g/mol. The standard InChI is InChI=1S/C23H24F2N2OS/c1-3-4-5-6-7-10-13-29-23-21(25)18(15-27)17(14-26)20(24)22(23)28-19-12-9-8-11-16(19)2/h8-9,11-12H,3-7,10,13H2,1-2H3. The molecule has 0 aliphatic carbocycles. The molecule has 0 amide bonds. The van der Waals surface area contributed by atoms with E-state index in [1.807, 2.05) is 6.07 Å². The van der Waals surface area contributed by atoms with Crippen LogP contribution in [0.5, 0.6) is 11.5 Å². The molecule has 0 radical (unpaired) electrons. The third-order valence-electron chi connectivity index (χ3n) is 4.57. The van der Waals surface area contributed by atoms with Gasteiger partial charge in [0.25, 0.3) is 0 Å². The molecule has 0 aromatic heterocycles. The molecule has 0 saturated carbocycles. The number of rotatable bonds is 10. The van der Waals surface area contributed by atoms with Crippen LogP contribution < -0.4 is 4.74 Å². The van der Waals surface area contributed by atoms with Crippen molar-refractivity contribution in [2.45, 2.75) is 57.3 Å².